The van der Waals surface area contributed by atoms with E-state index in [4.69, 9.17) is 21.1 Å². The Labute approximate surface area is 109 Å². The second-order valence-corrected chi connectivity index (χ2v) is 4.25. The first-order chi connectivity index (χ1) is 8.59. The molecule has 2 N–H and O–H groups in total. The van der Waals surface area contributed by atoms with Crippen LogP contribution in [0.3, 0.4) is 0 Å². The maximum Gasteiger partial charge on any atom is 0.372 e. The van der Waals surface area contributed by atoms with Gasteiger partial charge in [-0.15, -0.1) is 0 Å². The molecule has 1 heterocycles. The number of rotatable bonds is 4. The lowest BCUT2D eigenvalue weighted by Crippen LogP contribution is -2.05. The predicted octanol–water partition coefficient (Wildman–Crippen LogP) is 3.55. The zero-order valence-electron chi connectivity index (χ0n) is 9.74. The highest BCUT2D eigenvalue weighted by Gasteiger charge is 2.13. The molecular weight excluding hydrogens is 254 g/mol. The van der Waals surface area contributed by atoms with Crippen molar-refractivity contribution < 1.29 is 14.3 Å². The molecule has 0 atom stereocenters. The number of furan rings is 1. The maximum absolute atomic E-state index is 10.9. The van der Waals surface area contributed by atoms with Gasteiger partial charge in [0.2, 0.25) is 5.76 Å². The summed E-state index contributed by atoms with van der Waals surface area (Å²) in [6.07, 6.45) is 1.37. The molecule has 2 rings (SSSR count). The number of carboxylic acid groups (broad SMARTS) is 1. The molecule has 94 valence electrons. The quantitative estimate of drug-likeness (QED) is 0.887. The van der Waals surface area contributed by atoms with E-state index in [1.54, 1.807) is 6.07 Å². The van der Waals surface area contributed by atoms with Crippen molar-refractivity contribution >= 4 is 23.3 Å². The van der Waals surface area contributed by atoms with Gasteiger partial charge in [-0.25, -0.2) is 4.79 Å². The summed E-state index contributed by atoms with van der Waals surface area (Å²) < 4.78 is 4.90. The van der Waals surface area contributed by atoms with Crippen LogP contribution in [0.15, 0.2) is 34.9 Å². The number of halogens is 1. The second-order valence-electron chi connectivity index (χ2n) is 3.85. The fraction of sp³-hybridized carbons (Fsp3) is 0.154. The molecule has 1 aromatic carbocycles. The van der Waals surface area contributed by atoms with Crippen molar-refractivity contribution in [3.8, 4) is 0 Å². The summed E-state index contributed by atoms with van der Waals surface area (Å²) in [5.74, 6) is -1.11. The van der Waals surface area contributed by atoms with Gasteiger partial charge >= 0.3 is 5.97 Å². The fourth-order valence-corrected chi connectivity index (χ4v) is 1.83. The van der Waals surface area contributed by atoms with Crippen LogP contribution in [0.2, 0.25) is 5.02 Å². The monoisotopic (exact) mass is 265 g/mol. The smallest absolute Gasteiger partial charge is 0.372 e. The van der Waals surface area contributed by atoms with E-state index in [0.29, 0.717) is 17.1 Å². The highest BCUT2D eigenvalue weighted by atomic mass is 35.5. The number of aromatic carboxylic acids is 1. The fourth-order valence-electron chi connectivity index (χ4n) is 1.65. The van der Waals surface area contributed by atoms with Crippen LogP contribution < -0.4 is 5.32 Å². The highest BCUT2D eigenvalue weighted by Crippen LogP contribution is 2.23. The van der Waals surface area contributed by atoms with Crippen molar-refractivity contribution in [2.45, 2.75) is 13.5 Å². The lowest BCUT2D eigenvalue weighted by Gasteiger charge is -2.09. The average molecular weight is 266 g/mol. The SMILES string of the molecule is Cc1c(Cl)cccc1NCc1ccoc1C(=O)O. The van der Waals surface area contributed by atoms with Gasteiger partial charge in [0.15, 0.2) is 0 Å². The summed E-state index contributed by atoms with van der Waals surface area (Å²) in [6, 6.07) is 7.17. The van der Waals surface area contributed by atoms with Crippen LogP contribution in [-0.4, -0.2) is 11.1 Å². The molecule has 0 bridgehead atoms. The van der Waals surface area contributed by atoms with Gasteiger partial charge in [-0.05, 0) is 30.7 Å². The lowest BCUT2D eigenvalue weighted by molar-refractivity contribution is 0.0661. The van der Waals surface area contributed by atoms with Crippen molar-refractivity contribution in [2.24, 2.45) is 0 Å². The number of hydrogen-bond acceptors (Lipinski definition) is 3. The molecule has 0 unspecified atom stereocenters. The summed E-state index contributed by atoms with van der Waals surface area (Å²) in [7, 11) is 0. The van der Waals surface area contributed by atoms with Crippen molar-refractivity contribution in [2.75, 3.05) is 5.32 Å². The molecular formula is C13H12ClNO3. The molecule has 0 amide bonds. The molecule has 0 aliphatic rings. The van der Waals surface area contributed by atoms with Gasteiger partial charge in [0.1, 0.15) is 0 Å². The molecule has 0 fully saturated rings. The Morgan fingerprint density at radius 3 is 2.94 bits per heavy atom. The summed E-state index contributed by atoms with van der Waals surface area (Å²) in [5.41, 5.74) is 2.40. The molecule has 0 aliphatic carbocycles. The molecule has 0 saturated heterocycles. The molecule has 1 aromatic heterocycles. The largest absolute Gasteiger partial charge is 0.475 e. The van der Waals surface area contributed by atoms with E-state index in [2.05, 4.69) is 5.32 Å². The van der Waals surface area contributed by atoms with E-state index in [1.165, 1.54) is 6.26 Å². The Hall–Kier alpha value is -1.94. The van der Waals surface area contributed by atoms with Gasteiger partial charge in [0, 0.05) is 22.8 Å². The van der Waals surface area contributed by atoms with Gasteiger partial charge < -0.3 is 14.8 Å². The van der Waals surface area contributed by atoms with E-state index in [0.717, 1.165) is 11.3 Å². The molecule has 0 aliphatic heterocycles. The predicted molar refractivity (Wildman–Crippen MR) is 69.2 cm³/mol. The van der Waals surface area contributed by atoms with E-state index in [-0.39, 0.29) is 5.76 Å². The highest BCUT2D eigenvalue weighted by molar-refractivity contribution is 6.31. The lowest BCUT2D eigenvalue weighted by atomic mass is 10.2. The number of benzene rings is 1. The molecule has 18 heavy (non-hydrogen) atoms. The minimum atomic E-state index is -1.07. The molecule has 0 saturated carbocycles. The van der Waals surface area contributed by atoms with Crippen molar-refractivity contribution in [1.29, 1.82) is 0 Å². The summed E-state index contributed by atoms with van der Waals surface area (Å²) in [6.45, 7) is 2.28. The topological polar surface area (TPSA) is 62.5 Å². The minimum absolute atomic E-state index is 0.0396. The third-order valence-electron chi connectivity index (χ3n) is 2.68. The van der Waals surface area contributed by atoms with Gasteiger partial charge in [0.25, 0.3) is 0 Å². The molecule has 0 spiro atoms. The zero-order valence-corrected chi connectivity index (χ0v) is 10.5. The summed E-state index contributed by atoms with van der Waals surface area (Å²) in [5, 5.41) is 12.7. The van der Waals surface area contributed by atoms with Gasteiger partial charge in [0.05, 0.1) is 6.26 Å². The van der Waals surface area contributed by atoms with E-state index >= 15 is 0 Å². The molecule has 5 heteroatoms. The van der Waals surface area contributed by atoms with Crippen LogP contribution in [0.1, 0.15) is 21.7 Å². The molecule has 2 aromatic rings. The first-order valence-electron chi connectivity index (χ1n) is 5.38. The first kappa shape index (κ1) is 12.5. The Balaban J connectivity index is 2.14. The Morgan fingerprint density at radius 2 is 2.22 bits per heavy atom. The van der Waals surface area contributed by atoms with Crippen LogP contribution >= 0.6 is 11.6 Å². The third-order valence-corrected chi connectivity index (χ3v) is 3.09. The van der Waals surface area contributed by atoms with Crippen molar-refractivity contribution in [3.63, 3.8) is 0 Å². The third kappa shape index (κ3) is 2.49. The molecule has 4 nitrogen and oxygen atoms in total. The Bertz CT molecular complexity index is 577. The number of hydrogen-bond donors (Lipinski definition) is 2. The maximum atomic E-state index is 10.9. The van der Waals surface area contributed by atoms with Crippen LogP contribution in [0.25, 0.3) is 0 Å². The summed E-state index contributed by atoms with van der Waals surface area (Å²) in [4.78, 5) is 10.9. The number of carbonyl (C=O) groups is 1. The van der Waals surface area contributed by atoms with Crippen molar-refractivity contribution in [1.82, 2.24) is 0 Å². The second kappa shape index (κ2) is 5.14. The van der Waals surface area contributed by atoms with E-state index in [1.807, 2.05) is 25.1 Å². The van der Waals surface area contributed by atoms with Crippen LogP contribution in [0, 0.1) is 6.92 Å². The van der Waals surface area contributed by atoms with Gasteiger partial charge in [-0.3, -0.25) is 0 Å². The van der Waals surface area contributed by atoms with Gasteiger partial charge in [-0.2, -0.15) is 0 Å². The average Bonchev–Trinajstić information content (AvgIpc) is 2.79. The van der Waals surface area contributed by atoms with E-state index < -0.39 is 5.97 Å². The molecule has 0 radical (unpaired) electrons. The number of carboxylic acids is 1. The van der Waals surface area contributed by atoms with E-state index in [9.17, 15) is 4.79 Å². The minimum Gasteiger partial charge on any atom is -0.475 e. The van der Waals surface area contributed by atoms with Crippen molar-refractivity contribution in [3.05, 3.63) is 52.4 Å². The number of nitrogens with one attached hydrogen (secondary N) is 1. The van der Waals surface area contributed by atoms with Crippen LogP contribution in [0.5, 0.6) is 0 Å². The van der Waals surface area contributed by atoms with Crippen LogP contribution in [0.4, 0.5) is 5.69 Å². The van der Waals surface area contributed by atoms with Gasteiger partial charge in [-0.1, -0.05) is 17.7 Å². The van der Waals surface area contributed by atoms with Crippen LogP contribution in [-0.2, 0) is 6.54 Å². The summed E-state index contributed by atoms with van der Waals surface area (Å²) >= 11 is 6.00. The Kier molecular flexibility index (Phi) is 3.58. The number of anilines is 1. The standard InChI is InChI=1S/C13H12ClNO3/c1-8-10(14)3-2-4-11(8)15-7-9-5-6-18-12(9)13(16)17/h2-6,15H,7H2,1H3,(H,16,17). The Morgan fingerprint density at radius 1 is 1.44 bits per heavy atom. The first-order valence-corrected chi connectivity index (χ1v) is 5.76. The normalized spacial score (nSPS) is 10.3. The zero-order chi connectivity index (χ0) is 13.1.